The van der Waals surface area contributed by atoms with E-state index >= 15 is 0 Å². The molecule has 33 heavy (non-hydrogen) atoms. The standard InChI is InChI=1S/C28H26N4O/c1-30-25-15-9-8-14-23(25)27(24(20-29)28(30)33)32-18-16-31(17-19-32)26(21-10-4-2-5-11-21)22-12-6-3-7-13-22/h2-15,26H,16-19H2,1H3. The van der Waals surface area contributed by atoms with Crippen LogP contribution in [-0.2, 0) is 7.05 Å². The predicted octanol–water partition coefficient (Wildman–Crippen LogP) is 4.32. The zero-order valence-electron chi connectivity index (χ0n) is 18.7. The van der Waals surface area contributed by atoms with Crippen LogP contribution in [0.3, 0.4) is 0 Å². The molecule has 0 aliphatic carbocycles. The third-order valence-corrected chi connectivity index (χ3v) is 6.61. The van der Waals surface area contributed by atoms with Crippen LogP contribution in [0.2, 0.25) is 0 Å². The van der Waals surface area contributed by atoms with Gasteiger partial charge in [0.1, 0.15) is 11.6 Å². The Kier molecular flexibility index (Phi) is 5.68. The molecule has 0 amide bonds. The van der Waals surface area contributed by atoms with Crippen LogP contribution < -0.4 is 10.5 Å². The summed E-state index contributed by atoms with van der Waals surface area (Å²) in [5.41, 5.74) is 4.16. The fraction of sp³-hybridized carbons (Fsp3) is 0.214. The van der Waals surface area contributed by atoms with E-state index in [2.05, 4.69) is 64.4 Å². The van der Waals surface area contributed by atoms with Gasteiger partial charge in [-0.05, 0) is 17.2 Å². The number of fused-ring (bicyclic) bond motifs is 1. The first-order valence-electron chi connectivity index (χ1n) is 11.3. The Morgan fingerprint density at radius 3 is 1.91 bits per heavy atom. The Labute approximate surface area is 193 Å². The SMILES string of the molecule is Cn1c(=O)c(C#N)c(N2CCN(C(c3ccccc3)c3ccccc3)CC2)c2ccccc21. The van der Waals surface area contributed by atoms with Gasteiger partial charge >= 0.3 is 0 Å². The molecule has 5 heteroatoms. The Bertz CT molecular complexity index is 1320. The lowest BCUT2D eigenvalue weighted by Crippen LogP contribution is -2.48. The molecular weight excluding hydrogens is 408 g/mol. The van der Waals surface area contributed by atoms with Crippen molar-refractivity contribution in [3.8, 4) is 6.07 Å². The van der Waals surface area contributed by atoms with E-state index in [1.165, 1.54) is 11.1 Å². The summed E-state index contributed by atoms with van der Waals surface area (Å²) >= 11 is 0. The van der Waals surface area contributed by atoms with Gasteiger partial charge in [0.25, 0.3) is 5.56 Å². The lowest BCUT2D eigenvalue weighted by Gasteiger charge is -2.41. The summed E-state index contributed by atoms with van der Waals surface area (Å²) < 4.78 is 1.58. The van der Waals surface area contributed by atoms with Crippen LogP contribution in [0.1, 0.15) is 22.7 Å². The molecule has 1 aliphatic heterocycles. The number of hydrogen-bond donors (Lipinski definition) is 0. The molecule has 0 atom stereocenters. The van der Waals surface area contributed by atoms with Crippen molar-refractivity contribution in [2.75, 3.05) is 31.1 Å². The molecule has 0 spiro atoms. The first-order valence-corrected chi connectivity index (χ1v) is 11.3. The number of hydrogen-bond acceptors (Lipinski definition) is 4. The maximum absolute atomic E-state index is 12.9. The second kappa shape index (κ2) is 8.93. The van der Waals surface area contributed by atoms with Gasteiger partial charge in [0.15, 0.2) is 0 Å². The molecular formula is C28H26N4O. The zero-order valence-corrected chi connectivity index (χ0v) is 18.7. The number of para-hydroxylation sites is 1. The van der Waals surface area contributed by atoms with Crippen LogP contribution in [-0.4, -0.2) is 35.6 Å². The van der Waals surface area contributed by atoms with Crippen molar-refractivity contribution in [3.63, 3.8) is 0 Å². The van der Waals surface area contributed by atoms with Gasteiger partial charge in [-0.2, -0.15) is 5.26 Å². The van der Waals surface area contributed by atoms with E-state index in [0.29, 0.717) is 0 Å². The third kappa shape index (κ3) is 3.79. The number of rotatable bonds is 4. The minimum Gasteiger partial charge on any atom is -0.367 e. The smallest absolute Gasteiger partial charge is 0.270 e. The summed E-state index contributed by atoms with van der Waals surface area (Å²) in [6, 6.07) is 31.4. The topological polar surface area (TPSA) is 52.3 Å². The summed E-state index contributed by atoms with van der Waals surface area (Å²) in [7, 11) is 1.73. The third-order valence-electron chi connectivity index (χ3n) is 6.61. The molecule has 5 nitrogen and oxygen atoms in total. The van der Waals surface area contributed by atoms with Crippen molar-refractivity contribution < 1.29 is 0 Å². The Balaban J connectivity index is 1.49. The second-order valence-corrected chi connectivity index (χ2v) is 8.46. The zero-order chi connectivity index (χ0) is 22.8. The molecule has 1 saturated heterocycles. The molecule has 1 aromatic heterocycles. The number of aryl methyl sites for hydroxylation is 1. The average Bonchev–Trinajstić information content (AvgIpc) is 2.88. The number of piperazine rings is 1. The Morgan fingerprint density at radius 1 is 0.788 bits per heavy atom. The van der Waals surface area contributed by atoms with Crippen molar-refractivity contribution in [1.29, 1.82) is 5.26 Å². The summed E-state index contributed by atoms with van der Waals surface area (Å²) in [6.07, 6.45) is 0. The van der Waals surface area contributed by atoms with E-state index in [1.54, 1.807) is 11.6 Å². The second-order valence-electron chi connectivity index (χ2n) is 8.46. The molecule has 2 heterocycles. The van der Waals surface area contributed by atoms with Gasteiger partial charge in [-0.25, -0.2) is 0 Å². The molecule has 0 bridgehead atoms. The van der Waals surface area contributed by atoms with Crippen LogP contribution in [0.25, 0.3) is 10.9 Å². The first-order chi connectivity index (χ1) is 16.2. The van der Waals surface area contributed by atoms with Crippen molar-refractivity contribution in [1.82, 2.24) is 9.47 Å². The highest BCUT2D eigenvalue weighted by Gasteiger charge is 2.29. The van der Waals surface area contributed by atoms with Gasteiger partial charge in [-0.1, -0.05) is 78.9 Å². The van der Waals surface area contributed by atoms with Crippen molar-refractivity contribution in [2.24, 2.45) is 7.05 Å². The van der Waals surface area contributed by atoms with Crippen LogP contribution >= 0.6 is 0 Å². The average molecular weight is 435 g/mol. The Hall–Kier alpha value is -3.88. The quantitative estimate of drug-likeness (QED) is 0.480. The molecule has 164 valence electrons. The van der Waals surface area contributed by atoms with Crippen molar-refractivity contribution >= 4 is 16.6 Å². The van der Waals surface area contributed by atoms with Crippen LogP contribution in [0.15, 0.2) is 89.7 Å². The van der Waals surface area contributed by atoms with Gasteiger partial charge < -0.3 is 9.47 Å². The molecule has 4 aromatic rings. The maximum Gasteiger partial charge on any atom is 0.270 e. The van der Waals surface area contributed by atoms with Gasteiger partial charge in [-0.3, -0.25) is 9.69 Å². The van der Waals surface area contributed by atoms with Gasteiger partial charge in [0.2, 0.25) is 0 Å². The minimum atomic E-state index is -0.236. The van der Waals surface area contributed by atoms with E-state index < -0.39 is 0 Å². The number of aromatic nitrogens is 1. The van der Waals surface area contributed by atoms with Crippen LogP contribution in [0.4, 0.5) is 5.69 Å². The van der Waals surface area contributed by atoms with Gasteiger partial charge in [-0.15, -0.1) is 0 Å². The van der Waals surface area contributed by atoms with E-state index in [0.717, 1.165) is 42.8 Å². The number of nitriles is 1. The molecule has 0 N–H and O–H groups in total. The first kappa shape index (κ1) is 21.0. The highest BCUT2D eigenvalue weighted by molar-refractivity contribution is 5.94. The largest absolute Gasteiger partial charge is 0.367 e. The minimum absolute atomic E-state index is 0.172. The molecule has 0 unspecified atom stereocenters. The van der Waals surface area contributed by atoms with Gasteiger partial charge in [0.05, 0.1) is 17.2 Å². The molecule has 1 aliphatic rings. The predicted molar refractivity (Wildman–Crippen MR) is 132 cm³/mol. The molecule has 1 fully saturated rings. The maximum atomic E-state index is 12.9. The number of anilines is 1. The van der Waals surface area contributed by atoms with Crippen molar-refractivity contribution in [3.05, 3.63) is 112 Å². The number of benzene rings is 3. The van der Waals surface area contributed by atoms with E-state index in [-0.39, 0.29) is 17.2 Å². The normalized spacial score (nSPS) is 14.5. The molecule has 0 saturated carbocycles. The summed E-state index contributed by atoms with van der Waals surface area (Å²) in [5.74, 6) is 0. The fourth-order valence-corrected chi connectivity index (χ4v) is 5.00. The molecule has 0 radical (unpaired) electrons. The summed E-state index contributed by atoms with van der Waals surface area (Å²) in [5, 5.41) is 10.8. The highest BCUT2D eigenvalue weighted by Crippen LogP contribution is 2.33. The van der Waals surface area contributed by atoms with E-state index in [9.17, 15) is 10.1 Å². The lowest BCUT2D eigenvalue weighted by molar-refractivity contribution is 0.212. The van der Waals surface area contributed by atoms with Crippen LogP contribution in [0.5, 0.6) is 0 Å². The van der Waals surface area contributed by atoms with E-state index in [1.807, 2.05) is 36.4 Å². The lowest BCUT2D eigenvalue weighted by atomic mass is 9.96. The number of nitrogens with zero attached hydrogens (tertiary/aromatic N) is 4. The number of pyridine rings is 1. The summed E-state index contributed by atoms with van der Waals surface area (Å²) in [4.78, 5) is 17.6. The van der Waals surface area contributed by atoms with E-state index in [4.69, 9.17) is 0 Å². The van der Waals surface area contributed by atoms with Crippen LogP contribution in [0, 0.1) is 11.3 Å². The Morgan fingerprint density at radius 2 is 1.33 bits per heavy atom. The molecule has 5 rings (SSSR count). The summed E-state index contributed by atoms with van der Waals surface area (Å²) in [6.45, 7) is 3.18. The van der Waals surface area contributed by atoms with Crippen molar-refractivity contribution in [2.45, 2.75) is 6.04 Å². The van der Waals surface area contributed by atoms with Gasteiger partial charge in [0, 0.05) is 38.6 Å². The monoisotopic (exact) mass is 434 g/mol. The fourth-order valence-electron chi connectivity index (χ4n) is 5.00. The highest BCUT2D eigenvalue weighted by atomic mass is 16.1. The molecule has 3 aromatic carbocycles.